The van der Waals surface area contributed by atoms with Crippen LogP contribution in [0.4, 0.5) is 0 Å². The number of aromatic nitrogens is 1. The van der Waals surface area contributed by atoms with Crippen molar-refractivity contribution in [1.82, 2.24) is 4.98 Å². The number of esters is 2. The van der Waals surface area contributed by atoms with Crippen LogP contribution in [0.25, 0.3) is 21.8 Å². The van der Waals surface area contributed by atoms with E-state index in [1.165, 1.54) is 14.2 Å². The number of thiazole rings is 1. The molecule has 0 bridgehead atoms. The van der Waals surface area contributed by atoms with Gasteiger partial charge < -0.3 is 9.47 Å². The zero-order valence-corrected chi connectivity index (χ0v) is 21.7. The molecule has 0 amide bonds. The van der Waals surface area contributed by atoms with Gasteiger partial charge in [-0.05, 0) is 44.5 Å². The highest BCUT2D eigenvalue weighted by Crippen LogP contribution is 2.42. The van der Waals surface area contributed by atoms with Gasteiger partial charge in [-0.1, -0.05) is 41.9 Å². The van der Waals surface area contributed by atoms with Crippen molar-refractivity contribution < 1.29 is 19.1 Å². The lowest BCUT2D eigenvalue weighted by atomic mass is 9.75. The van der Waals surface area contributed by atoms with Crippen molar-refractivity contribution in [1.29, 1.82) is 0 Å². The van der Waals surface area contributed by atoms with Gasteiger partial charge in [0.05, 0.1) is 25.5 Å². The summed E-state index contributed by atoms with van der Waals surface area (Å²) in [7, 11) is 2.66. The molecule has 0 radical (unpaired) electrons. The van der Waals surface area contributed by atoms with Gasteiger partial charge in [0.15, 0.2) is 0 Å². The molecule has 1 aliphatic rings. The van der Waals surface area contributed by atoms with Gasteiger partial charge in [0.25, 0.3) is 0 Å². The lowest BCUT2D eigenvalue weighted by Crippen LogP contribution is -2.36. The number of carbonyl (C=O) groups excluding carboxylic acids is 2. The molecule has 2 aromatic carbocycles. The third kappa shape index (κ3) is 4.79. The summed E-state index contributed by atoms with van der Waals surface area (Å²) >= 11 is 7.63. The number of allylic oxidation sites excluding steroid dienone is 1. The fourth-order valence-electron chi connectivity index (χ4n) is 4.47. The maximum absolute atomic E-state index is 12.8. The second kappa shape index (κ2) is 10.1. The minimum absolute atomic E-state index is 0.350. The van der Waals surface area contributed by atoms with Gasteiger partial charge in [-0.3, -0.25) is 9.79 Å². The zero-order valence-electron chi connectivity index (χ0n) is 20.1. The van der Waals surface area contributed by atoms with Crippen LogP contribution in [0.1, 0.15) is 30.2 Å². The van der Waals surface area contributed by atoms with Gasteiger partial charge in [-0.15, -0.1) is 11.3 Å². The van der Waals surface area contributed by atoms with E-state index in [0.29, 0.717) is 22.0 Å². The lowest BCUT2D eigenvalue weighted by Gasteiger charge is -2.31. The number of methoxy groups -OCH3 is 2. The van der Waals surface area contributed by atoms with Gasteiger partial charge in [-0.25, -0.2) is 9.78 Å². The molecule has 0 saturated carbocycles. The molecule has 35 heavy (non-hydrogen) atoms. The Morgan fingerprint density at radius 2 is 1.69 bits per heavy atom. The highest BCUT2D eigenvalue weighted by molar-refractivity contribution is 7.15. The number of ether oxygens (including phenoxy) is 2. The molecule has 0 N–H and O–H groups in total. The van der Waals surface area contributed by atoms with E-state index in [9.17, 15) is 9.59 Å². The Hall–Kier alpha value is -3.29. The van der Waals surface area contributed by atoms with E-state index in [4.69, 9.17) is 26.1 Å². The largest absolute Gasteiger partial charge is 0.468 e. The van der Waals surface area contributed by atoms with E-state index < -0.39 is 23.8 Å². The molecule has 2 unspecified atom stereocenters. The molecule has 2 atom stereocenters. The first-order valence-electron chi connectivity index (χ1n) is 11.0. The number of hydrogen-bond donors (Lipinski definition) is 0. The summed E-state index contributed by atoms with van der Waals surface area (Å²) in [5.41, 5.74) is 5.03. The molecular weight excluding hydrogens is 484 g/mol. The Bertz CT molecular complexity index is 1360. The van der Waals surface area contributed by atoms with Crippen LogP contribution in [0, 0.1) is 12.8 Å². The van der Waals surface area contributed by atoms with Crippen LogP contribution in [-0.4, -0.2) is 36.9 Å². The molecule has 3 aromatic rings. The highest BCUT2D eigenvalue weighted by Gasteiger charge is 2.42. The normalized spacial score (nSPS) is 17.7. The average Bonchev–Trinajstić information content (AvgIpc) is 3.24. The van der Waals surface area contributed by atoms with Crippen LogP contribution >= 0.6 is 22.9 Å². The van der Waals surface area contributed by atoms with Crippen LogP contribution in [0.5, 0.6) is 0 Å². The van der Waals surface area contributed by atoms with Gasteiger partial charge >= 0.3 is 11.9 Å². The molecule has 2 heterocycles. The Balaban J connectivity index is 1.81. The fraction of sp³-hybridized carbons (Fsp3) is 0.259. The smallest absolute Gasteiger partial charge is 0.336 e. The molecule has 0 saturated heterocycles. The van der Waals surface area contributed by atoms with Crippen molar-refractivity contribution >= 4 is 40.6 Å². The molecule has 4 rings (SSSR count). The van der Waals surface area contributed by atoms with Gasteiger partial charge in [0, 0.05) is 38.4 Å². The van der Waals surface area contributed by atoms with Gasteiger partial charge in [-0.2, -0.15) is 0 Å². The molecule has 180 valence electrons. The van der Waals surface area contributed by atoms with Crippen molar-refractivity contribution in [2.24, 2.45) is 10.9 Å². The number of halogens is 1. The maximum Gasteiger partial charge on any atom is 0.336 e. The number of benzene rings is 2. The van der Waals surface area contributed by atoms with Crippen molar-refractivity contribution in [3.63, 3.8) is 0 Å². The second-order valence-electron chi connectivity index (χ2n) is 8.28. The summed E-state index contributed by atoms with van der Waals surface area (Å²) in [5, 5.41) is 1.51. The summed E-state index contributed by atoms with van der Waals surface area (Å²) in [4.78, 5) is 36.0. The maximum atomic E-state index is 12.8. The molecule has 0 aliphatic carbocycles. The third-order valence-corrected chi connectivity index (χ3v) is 7.37. The van der Waals surface area contributed by atoms with Crippen molar-refractivity contribution in [3.8, 4) is 21.8 Å². The molecular formula is C27H25ClN2O4S. The highest BCUT2D eigenvalue weighted by atomic mass is 35.5. The summed E-state index contributed by atoms with van der Waals surface area (Å²) in [5.74, 6) is -2.30. The van der Waals surface area contributed by atoms with Gasteiger partial charge in [0.2, 0.25) is 0 Å². The molecule has 0 spiro atoms. The first-order valence-corrected chi connectivity index (χ1v) is 12.2. The minimum Gasteiger partial charge on any atom is -0.468 e. The fourth-order valence-corrected chi connectivity index (χ4v) is 5.52. The van der Waals surface area contributed by atoms with Crippen molar-refractivity contribution in [2.45, 2.75) is 26.7 Å². The summed E-state index contributed by atoms with van der Waals surface area (Å²) in [6.45, 7) is 5.56. The first kappa shape index (κ1) is 24.8. The molecule has 6 nitrogen and oxygen atoms in total. The summed E-state index contributed by atoms with van der Waals surface area (Å²) in [6.07, 6.45) is 0. The number of rotatable bonds is 5. The summed E-state index contributed by atoms with van der Waals surface area (Å²) in [6, 6.07) is 15.3. The lowest BCUT2D eigenvalue weighted by molar-refractivity contribution is -0.143. The number of aryl methyl sites for hydroxylation is 1. The predicted molar refractivity (Wildman–Crippen MR) is 139 cm³/mol. The van der Waals surface area contributed by atoms with Crippen LogP contribution in [0.15, 0.2) is 64.8 Å². The third-order valence-electron chi connectivity index (χ3n) is 6.10. The van der Waals surface area contributed by atoms with Crippen LogP contribution in [-0.2, 0) is 19.1 Å². The Labute approximate surface area is 213 Å². The average molecular weight is 509 g/mol. The topological polar surface area (TPSA) is 77.8 Å². The molecule has 1 aromatic heterocycles. The second-order valence-corrected chi connectivity index (χ2v) is 9.92. The van der Waals surface area contributed by atoms with Crippen LogP contribution in [0.2, 0.25) is 5.02 Å². The molecule has 8 heteroatoms. The molecule has 1 aliphatic heterocycles. The monoisotopic (exact) mass is 508 g/mol. The number of hydrogen-bond acceptors (Lipinski definition) is 7. The minimum atomic E-state index is -0.740. The van der Waals surface area contributed by atoms with E-state index in [1.807, 2.05) is 55.5 Å². The van der Waals surface area contributed by atoms with E-state index in [2.05, 4.69) is 4.99 Å². The quantitative estimate of drug-likeness (QED) is 0.381. The van der Waals surface area contributed by atoms with Crippen molar-refractivity contribution in [2.75, 3.05) is 14.2 Å². The standard InChI is InChI=1S/C27H25ClN2O4S/c1-14-21(26(31)33-4)23(22(15(2)29-14)27(32)34-5)18-7-6-8-19(13-18)25-30-24(16(3)35-25)17-9-11-20(28)12-10-17/h6-13,21,23H,1-5H3. The number of nitrogens with zero attached hydrogens (tertiary/aromatic N) is 2. The van der Waals surface area contributed by atoms with Crippen LogP contribution < -0.4 is 0 Å². The summed E-state index contributed by atoms with van der Waals surface area (Å²) < 4.78 is 10.1. The van der Waals surface area contributed by atoms with Gasteiger partial charge in [0.1, 0.15) is 10.9 Å². The van der Waals surface area contributed by atoms with E-state index in [1.54, 1.807) is 25.2 Å². The predicted octanol–water partition coefficient (Wildman–Crippen LogP) is 6.23. The van der Waals surface area contributed by atoms with E-state index in [0.717, 1.165) is 32.3 Å². The zero-order chi connectivity index (χ0) is 25.3. The number of carbonyl (C=O) groups is 2. The van der Waals surface area contributed by atoms with E-state index >= 15 is 0 Å². The Kier molecular flexibility index (Phi) is 7.19. The van der Waals surface area contributed by atoms with Crippen LogP contribution in [0.3, 0.4) is 0 Å². The first-order chi connectivity index (χ1) is 16.7. The number of aliphatic imine (C=N–C) groups is 1. The molecule has 0 fully saturated rings. The van der Waals surface area contributed by atoms with E-state index in [-0.39, 0.29) is 0 Å². The Morgan fingerprint density at radius 3 is 2.34 bits per heavy atom. The van der Waals surface area contributed by atoms with Crippen molar-refractivity contribution in [3.05, 3.63) is 75.3 Å². The SMILES string of the molecule is COC(=O)C1=C(C)N=C(C)C(C(=O)OC)C1c1cccc(-c2nc(-c3ccc(Cl)cc3)c(C)s2)c1. The Morgan fingerprint density at radius 1 is 0.971 bits per heavy atom.